The van der Waals surface area contributed by atoms with E-state index >= 15 is 0 Å². The van der Waals surface area contributed by atoms with Gasteiger partial charge in [0.1, 0.15) is 11.8 Å². The Bertz CT molecular complexity index is 842. The first-order chi connectivity index (χ1) is 13.3. The lowest BCUT2D eigenvalue weighted by atomic mass is 10.1. The number of nitrogens with one attached hydrogen (secondary N) is 1. The van der Waals surface area contributed by atoms with Crippen LogP contribution in [0.3, 0.4) is 0 Å². The highest BCUT2D eigenvalue weighted by molar-refractivity contribution is 6.31. The van der Waals surface area contributed by atoms with Crippen LogP contribution in [0.5, 0.6) is 5.75 Å². The van der Waals surface area contributed by atoms with Gasteiger partial charge in [0.15, 0.2) is 6.61 Å². The van der Waals surface area contributed by atoms with Gasteiger partial charge >= 0.3 is 0 Å². The summed E-state index contributed by atoms with van der Waals surface area (Å²) in [6.45, 7) is 5.94. The first-order valence-electron chi connectivity index (χ1n) is 9.02. The molecule has 7 heteroatoms. The molecule has 0 bridgehead atoms. The number of likely N-dealkylation sites (N-methyl/N-ethyl adjacent to an activating group) is 1. The van der Waals surface area contributed by atoms with Gasteiger partial charge in [0.25, 0.3) is 5.91 Å². The van der Waals surface area contributed by atoms with Crippen LogP contribution >= 0.6 is 23.2 Å². The molecule has 150 valence electrons. The van der Waals surface area contributed by atoms with Crippen molar-refractivity contribution in [3.05, 3.63) is 63.6 Å². The number of aryl methyl sites for hydroxylation is 1. The summed E-state index contributed by atoms with van der Waals surface area (Å²) in [6, 6.07) is 11.7. The van der Waals surface area contributed by atoms with Crippen molar-refractivity contribution in [1.29, 1.82) is 0 Å². The van der Waals surface area contributed by atoms with Crippen molar-refractivity contribution >= 4 is 35.0 Å². The summed E-state index contributed by atoms with van der Waals surface area (Å²) in [7, 11) is 0. The molecule has 5 nitrogen and oxygen atoms in total. The molecular weight excluding hydrogens is 399 g/mol. The lowest BCUT2D eigenvalue weighted by Gasteiger charge is -2.28. The van der Waals surface area contributed by atoms with Gasteiger partial charge in [-0.2, -0.15) is 0 Å². The Hall–Kier alpha value is -2.24. The van der Waals surface area contributed by atoms with E-state index in [1.54, 1.807) is 37.3 Å². The second-order valence-corrected chi connectivity index (χ2v) is 7.27. The summed E-state index contributed by atoms with van der Waals surface area (Å²) in [5.74, 6) is 0.0233. The molecule has 2 aromatic rings. The van der Waals surface area contributed by atoms with Gasteiger partial charge in [-0.15, -0.1) is 0 Å². The van der Waals surface area contributed by atoms with Crippen LogP contribution in [0.4, 0.5) is 0 Å². The number of rotatable bonds is 8. The highest BCUT2D eigenvalue weighted by Crippen LogP contribution is 2.21. The Morgan fingerprint density at radius 1 is 1.18 bits per heavy atom. The second-order valence-electron chi connectivity index (χ2n) is 6.42. The third-order valence-electron chi connectivity index (χ3n) is 4.25. The summed E-state index contributed by atoms with van der Waals surface area (Å²) in [4.78, 5) is 26.7. The van der Waals surface area contributed by atoms with Crippen LogP contribution in [0, 0.1) is 6.92 Å². The van der Waals surface area contributed by atoms with Crippen molar-refractivity contribution in [1.82, 2.24) is 10.2 Å². The normalized spacial score (nSPS) is 11.6. The van der Waals surface area contributed by atoms with E-state index in [2.05, 4.69) is 5.32 Å². The van der Waals surface area contributed by atoms with Crippen LogP contribution in [-0.4, -0.2) is 35.9 Å². The molecule has 2 aromatic carbocycles. The Balaban J connectivity index is 2.15. The lowest BCUT2D eigenvalue weighted by molar-refractivity contribution is -0.142. The molecular formula is C21H24Cl2N2O3. The molecule has 0 saturated heterocycles. The number of ether oxygens (including phenoxy) is 1. The van der Waals surface area contributed by atoms with Crippen molar-refractivity contribution in [3.63, 3.8) is 0 Å². The van der Waals surface area contributed by atoms with Gasteiger partial charge in [-0.05, 0) is 62.2 Å². The Kier molecular flexibility index (Phi) is 8.15. The standard InChI is InChI=1S/C21H24Cl2N2O3/c1-4-24-21(27)15(3)25(12-16-6-5-7-17(22)11-16)20(26)13-28-18-8-9-19(23)14(2)10-18/h5-11,15H,4,12-13H2,1-3H3,(H,24,27)/t15-/m0/s1. The van der Waals surface area contributed by atoms with Gasteiger partial charge in [0.2, 0.25) is 5.91 Å². The molecule has 0 fully saturated rings. The van der Waals surface area contributed by atoms with Gasteiger partial charge in [-0.1, -0.05) is 35.3 Å². The molecule has 0 aromatic heterocycles. The fraction of sp³-hybridized carbons (Fsp3) is 0.333. The third-order valence-corrected chi connectivity index (χ3v) is 4.91. The number of hydrogen-bond donors (Lipinski definition) is 1. The number of hydrogen-bond acceptors (Lipinski definition) is 3. The maximum atomic E-state index is 12.9. The minimum Gasteiger partial charge on any atom is -0.484 e. The first kappa shape index (κ1) is 22.1. The molecule has 0 aliphatic rings. The van der Waals surface area contributed by atoms with Crippen molar-refractivity contribution in [2.45, 2.75) is 33.4 Å². The molecule has 0 heterocycles. The predicted octanol–water partition coefficient (Wildman–Crippen LogP) is 4.23. The van der Waals surface area contributed by atoms with Gasteiger partial charge < -0.3 is 15.0 Å². The Morgan fingerprint density at radius 3 is 2.57 bits per heavy atom. The lowest BCUT2D eigenvalue weighted by Crippen LogP contribution is -2.49. The molecule has 28 heavy (non-hydrogen) atoms. The van der Waals surface area contributed by atoms with Crippen molar-refractivity contribution in [3.8, 4) is 5.75 Å². The van der Waals surface area contributed by atoms with Crippen molar-refractivity contribution < 1.29 is 14.3 Å². The number of nitrogens with zero attached hydrogens (tertiary/aromatic N) is 1. The molecule has 0 aliphatic heterocycles. The predicted molar refractivity (Wildman–Crippen MR) is 112 cm³/mol. The molecule has 0 spiro atoms. The topological polar surface area (TPSA) is 58.6 Å². The molecule has 1 atom stereocenters. The average Bonchev–Trinajstić information content (AvgIpc) is 2.66. The molecule has 0 radical (unpaired) electrons. The Labute approximate surface area is 175 Å². The van der Waals surface area contributed by atoms with Crippen LogP contribution in [0.1, 0.15) is 25.0 Å². The Morgan fingerprint density at radius 2 is 1.93 bits per heavy atom. The van der Waals surface area contributed by atoms with E-state index in [9.17, 15) is 9.59 Å². The van der Waals surface area contributed by atoms with Crippen molar-refractivity contribution in [2.24, 2.45) is 0 Å². The van der Waals surface area contributed by atoms with E-state index in [-0.39, 0.29) is 25.0 Å². The molecule has 0 unspecified atom stereocenters. The number of amides is 2. The van der Waals surface area contributed by atoms with Gasteiger partial charge in [0.05, 0.1) is 0 Å². The molecule has 0 aliphatic carbocycles. The summed E-state index contributed by atoms with van der Waals surface area (Å²) < 4.78 is 5.63. The maximum absolute atomic E-state index is 12.9. The van der Waals surface area contributed by atoms with Crippen LogP contribution in [0.2, 0.25) is 10.0 Å². The van der Waals surface area contributed by atoms with E-state index in [1.807, 2.05) is 26.0 Å². The van der Waals surface area contributed by atoms with Gasteiger partial charge in [-0.3, -0.25) is 9.59 Å². The largest absolute Gasteiger partial charge is 0.484 e. The van der Waals surface area contributed by atoms with Crippen LogP contribution < -0.4 is 10.1 Å². The summed E-state index contributed by atoms with van der Waals surface area (Å²) in [5, 5.41) is 3.95. The summed E-state index contributed by atoms with van der Waals surface area (Å²) >= 11 is 12.1. The quantitative estimate of drug-likeness (QED) is 0.691. The smallest absolute Gasteiger partial charge is 0.261 e. The second kappa shape index (κ2) is 10.3. The zero-order chi connectivity index (χ0) is 20.7. The van der Waals surface area contributed by atoms with E-state index in [0.717, 1.165) is 11.1 Å². The zero-order valence-corrected chi connectivity index (χ0v) is 17.7. The number of carbonyl (C=O) groups excluding carboxylic acids is 2. The number of carbonyl (C=O) groups is 2. The highest BCUT2D eigenvalue weighted by atomic mass is 35.5. The third kappa shape index (κ3) is 6.14. The summed E-state index contributed by atoms with van der Waals surface area (Å²) in [5.41, 5.74) is 1.69. The SMILES string of the molecule is CCNC(=O)[C@H](C)N(Cc1cccc(Cl)c1)C(=O)COc1ccc(Cl)c(C)c1. The minimum absolute atomic E-state index is 0.189. The van der Waals surface area contributed by atoms with Crippen LogP contribution in [0.25, 0.3) is 0 Å². The molecule has 1 N–H and O–H groups in total. The molecule has 2 amide bonds. The fourth-order valence-corrected chi connectivity index (χ4v) is 3.00. The van der Waals surface area contributed by atoms with E-state index < -0.39 is 6.04 Å². The highest BCUT2D eigenvalue weighted by Gasteiger charge is 2.26. The van der Waals surface area contributed by atoms with Crippen LogP contribution in [-0.2, 0) is 16.1 Å². The average molecular weight is 423 g/mol. The number of halogens is 2. The van der Waals surface area contributed by atoms with E-state index in [4.69, 9.17) is 27.9 Å². The van der Waals surface area contributed by atoms with Crippen molar-refractivity contribution in [2.75, 3.05) is 13.2 Å². The molecule has 0 saturated carbocycles. The van der Waals surface area contributed by atoms with Gasteiger partial charge in [0, 0.05) is 23.1 Å². The summed E-state index contributed by atoms with van der Waals surface area (Å²) in [6.07, 6.45) is 0. The monoisotopic (exact) mass is 422 g/mol. The molecule has 2 rings (SSSR count). The minimum atomic E-state index is -0.651. The fourth-order valence-electron chi connectivity index (χ4n) is 2.67. The zero-order valence-electron chi connectivity index (χ0n) is 16.2. The first-order valence-corrected chi connectivity index (χ1v) is 9.78. The van der Waals surface area contributed by atoms with E-state index in [0.29, 0.717) is 22.3 Å². The van der Waals surface area contributed by atoms with Gasteiger partial charge in [-0.25, -0.2) is 0 Å². The number of benzene rings is 2. The van der Waals surface area contributed by atoms with Crippen LogP contribution in [0.15, 0.2) is 42.5 Å². The van der Waals surface area contributed by atoms with E-state index in [1.165, 1.54) is 4.90 Å². The maximum Gasteiger partial charge on any atom is 0.261 e.